The van der Waals surface area contributed by atoms with Crippen LogP contribution in [0, 0.1) is 20.8 Å². The number of carbonyl (C=O) groups excluding carboxylic acids is 3. The van der Waals surface area contributed by atoms with Gasteiger partial charge in [0.15, 0.2) is 11.0 Å². The molecule has 3 aromatic heterocycles. The van der Waals surface area contributed by atoms with E-state index in [0.717, 1.165) is 28.3 Å². The smallest absolute Gasteiger partial charge is 0.341 e. The Morgan fingerprint density at radius 3 is 2.45 bits per heavy atom. The number of hydrogen-bond acceptors (Lipinski definition) is 9. The van der Waals surface area contributed by atoms with E-state index in [2.05, 4.69) is 27.8 Å². The van der Waals surface area contributed by atoms with Crippen molar-refractivity contribution in [2.45, 2.75) is 25.9 Å². The highest BCUT2D eigenvalue weighted by atomic mass is 32.2. The molecule has 0 saturated carbocycles. The Labute approximate surface area is 204 Å². The lowest BCUT2D eigenvalue weighted by molar-refractivity contribution is -0.113. The molecule has 2 amide bonds. The maximum Gasteiger partial charge on any atom is 0.341 e. The lowest BCUT2D eigenvalue weighted by Gasteiger charge is -2.08. The number of esters is 1. The number of amides is 2. The molecule has 0 aliphatic rings. The van der Waals surface area contributed by atoms with Gasteiger partial charge in [0.05, 0.1) is 23.3 Å². The van der Waals surface area contributed by atoms with Crippen molar-refractivity contribution in [3.05, 3.63) is 31.8 Å². The zero-order valence-electron chi connectivity index (χ0n) is 19.4. The molecule has 12 heteroatoms. The predicted octanol–water partition coefficient (Wildman–Crippen LogP) is 3.75. The van der Waals surface area contributed by atoms with Crippen molar-refractivity contribution in [2.75, 3.05) is 32.3 Å². The summed E-state index contributed by atoms with van der Waals surface area (Å²) in [4.78, 5) is 40.5. The Morgan fingerprint density at radius 1 is 1.18 bits per heavy atom. The minimum Gasteiger partial charge on any atom is -0.465 e. The molecule has 0 aliphatic carbocycles. The Hall–Kier alpha value is -2.70. The molecule has 3 heterocycles. The van der Waals surface area contributed by atoms with Crippen LogP contribution in [0.3, 0.4) is 0 Å². The standard InChI is InChI=1S/C21H25N5O4S3/c1-10-12(3)31-8-13(10)17-23-24-21(26(17)6)32-9-14(27)22-18-15(20(29)30-7)11(2)16(33-18)19(28)25(4)5/h8H,9H2,1-7H3,(H,22,27). The normalized spacial score (nSPS) is 10.9. The number of ether oxygens (including phenoxy) is 1. The van der Waals surface area contributed by atoms with Crippen molar-refractivity contribution >= 4 is 57.2 Å². The van der Waals surface area contributed by atoms with E-state index in [1.165, 1.54) is 28.6 Å². The number of thioether (sulfide) groups is 1. The van der Waals surface area contributed by atoms with Crippen molar-refractivity contribution in [3.8, 4) is 11.4 Å². The summed E-state index contributed by atoms with van der Waals surface area (Å²) in [5.74, 6) is -0.384. The number of thiophene rings is 2. The number of carbonyl (C=O) groups is 3. The summed E-state index contributed by atoms with van der Waals surface area (Å²) in [6, 6.07) is 0. The van der Waals surface area contributed by atoms with Gasteiger partial charge in [0.25, 0.3) is 5.91 Å². The summed E-state index contributed by atoms with van der Waals surface area (Å²) >= 11 is 3.96. The number of aromatic nitrogens is 3. The molecule has 0 aliphatic heterocycles. The average Bonchev–Trinajstić information content (AvgIpc) is 3.41. The number of methoxy groups -OCH3 is 1. The van der Waals surface area contributed by atoms with Crippen LogP contribution in [0.1, 0.15) is 36.0 Å². The Bertz CT molecular complexity index is 1230. The first-order chi connectivity index (χ1) is 15.6. The fraction of sp³-hybridized carbons (Fsp3) is 0.381. The molecule has 9 nitrogen and oxygen atoms in total. The van der Waals surface area contributed by atoms with E-state index >= 15 is 0 Å². The number of nitrogens with one attached hydrogen (secondary N) is 1. The predicted molar refractivity (Wildman–Crippen MR) is 132 cm³/mol. The first kappa shape index (κ1) is 24.9. The first-order valence-corrected chi connectivity index (χ1v) is 12.5. The summed E-state index contributed by atoms with van der Waals surface area (Å²) in [6.45, 7) is 5.78. The third-order valence-electron chi connectivity index (χ3n) is 5.08. The second-order valence-electron chi connectivity index (χ2n) is 7.48. The van der Waals surface area contributed by atoms with E-state index in [1.807, 2.05) is 18.5 Å². The van der Waals surface area contributed by atoms with Gasteiger partial charge < -0.3 is 19.5 Å². The summed E-state index contributed by atoms with van der Waals surface area (Å²) in [7, 11) is 6.38. The highest BCUT2D eigenvalue weighted by Gasteiger charge is 2.27. The number of nitrogens with zero attached hydrogens (tertiary/aromatic N) is 4. The van der Waals surface area contributed by atoms with E-state index in [4.69, 9.17) is 4.74 Å². The van der Waals surface area contributed by atoms with E-state index in [0.29, 0.717) is 15.6 Å². The Morgan fingerprint density at radius 2 is 1.88 bits per heavy atom. The number of anilines is 1. The first-order valence-electron chi connectivity index (χ1n) is 9.87. The second kappa shape index (κ2) is 10.1. The fourth-order valence-electron chi connectivity index (χ4n) is 3.06. The summed E-state index contributed by atoms with van der Waals surface area (Å²) in [6.07, 6.45) is 0. The van der Waals surface area contributed by atoms with Crippen molar-refractivity contribution in [1.29, 1.82) is 0 Å². The molecule has 0 saturated heterocycles. The van der Waals surface area contributed by atoms with Gasteiger partial charge in [-0.15, -0.1) is 32.9 Å². The largest absolute Gasteiger partial charge is 0.465 e. The molecule has 176 valence electrons. The van der Waals surface area contributed by atoms with Crippen LogP contribution in [-0.2, 0) is 16.6 Å². The molecule has 1 N–H and O–H groups in total. The summed E-state index contributed by atoms with van der Waals surface area (Å²) < 4.78 is 6.72. The van der Waals surface area contributed by atoms with Crippen LogP contribution in [0.25, 0.3) is 11.4 Å². The monoisotopic (exact) mass is 507 g/mol. The topological polar surface area (TPSA) is 106 Å². The summed E-state index contributed by atoms with van der Waals surface area (Å²) in [5, 5.41) is 14.2. The van der Waals surface area contributed by atoms with E-state index in [9.17, 15) is 14.4 Å². The quantitative estimate of drug-likeness (QED) is 0.383. The van der Waals surface area contributed by atoms with Crippen molar-refractivity contribution in [3.63, 3.8) is 0 Å². The average molecular weight is 508 g/mol. The minimum absolute atomic E-state index is 0.0577. The van der Waals surface area contributed by atoms with Crippen LogP contribution in [0.2, 0.25) is 0 Å². The lowest BCUT2D eigenvalue weighted by Crippen LogP contribution is -2.21. The van der Waals surface area contributed by atoms with Gasteiger partial charge in [-0.05, 0) is 31.9 Å². The number of aryl methyl sites for hydroxylation is 1. The van der Waals surface area contributed by atoms with E-state index in [1.54, 1.807) is 32.4 Å². The molecule has 0 fully saturated rings. The lowest BCUT2D eigenvalue weighted by atomic mass is 10.1. The van der Waals surface area contributed by atoms with Crippen molar-refractivity contribution in [1.82, 2.24) is 19.7 Å². The molecular formula is C21H25N5O4S3. The molecule has 0 bridgehead atoms. The van der Waals surface area contributed by atoms with Gasteiger partial charge in [-0.2, -0.15) is 0 Å². The molecule has 33 heavy (non-hydrogen) atoms. The van der Waals surface area contributed by atoms with Crippen LogP contribution < -0.4 is 5.32 Å². The van der Waals surface area contributed by atoms with Crippen LogP contribution in [-0.4, -0.2) is 64.4 Å². The third-order valence-corrected chi connectivity index (χ3v) is 8.31. The zero-order valence-corrected chi connectivity index (χ0v) is 21.9. The molecule has 0 spiro atoms. The maximum atomic E-state index is 12.7. The number of rotatable bonds is 7. The van der Waals surface area contributed by atoms with E-state index in [-0.39, 0.29) is 28.1 Å². The van der Waals surface area contributed by atoms with Gasteiger partial charge in [0.2, 0.25) is 5.91 Å². The maximum absolute atomic E-state index is 12.7. The van der Waals surface area contributed by atoms with Gasteiger partial charge in [-0.25, -0.2) is 4.79 Å². The van der Waals surface area contributed by atoms with Gasteiger partial charge in [-0.3, -0.25) is 9.59 Å². The van der Waals surface area contributed by atoms with E-state index < -0.39 is 5.97 Å². The fourth-order valence-corrected chi connectivity index (χ4v) is 5.87. The molecule has 3 rings (SSSR count). The zero-order chi connectivity index (χ0) is 24.4. The SMILES string of the molecule is COC(=O)c1c(NC(=O)CSc2nnc(-c3csc(C)c3C)n2C)sc(C(=O)N(C)C)c1C. The molecular weight excluding hydrogens is 482 g/mol. The minimum atomic E-state index is -0.608. The van der Waals surface area contributed by atoms with Crippen LogP contribution in [0.5, 0.6) is 0 Å². The molecule has 0 unspecified atom stereocenters. The van der Waals surface area contributed by atoms with Crippen molar-refractivity contribution in [2.24, 2.45) is 7.05 Å². The highest BCUT2D eigenvalue weighted by Crippen LogP contribution is 2.35. The van der Waals surface area contributed by atoms with Crippen LogP contribution in [0.4, 0.5) is 5.00 Å². The van der Waals surface area contributed by atoms with Crippen molar-refractivity contribution < 1.29 is 19.1 Å². The highest BCUT2D eigenvalue weighted by molar-refractivity contribution is 7.99. The third kappa shape index (κ3) is 4.97. The Balaban J connectivity index is 1.77. The second-order valence-corrected chi connectivity index (χ2v) is 10.5. The van der Waals surface area contributed by atoms with Gasteiger partial charge in [0, 0.05) is 37.0 Å². The molecule has 0 atom stereocenters. The van der Waals surface area contributed by atoms with Gasteiger partial charge in [-0.1, -0.05) is 11.8 Å². The van der Waals surface area contributed by atoms with Crippen LogP contribution >= 0.6 is 34.4 Å². The summed E-state index contributed by atoms with van der Waals surface area (Å²) in [5.41, 5.74) is 2.86. The van der Waals surface area contributed by atoms with Crippen LogP contribution in [0.15, 0.2) is 10.5 Å². The molecule has 0 radical (unpaired) electrons. The molecule has 3 aromatic rings. The molecule has 0 aromatic carbocycles. The van der Waals surface area contributed by atoms with Gasteiger partial charge >= 0.3 is 5.97 Å². The Kier molecular flexibility index (Phi) is 7.60. The number of hydrogen-bond donors (Lipinski definition) is 1. The van der Waals surface area contributed by atoms with Gasteiger partial charge in [0.1, 0.15) is 5.00 Å².